The minimum atomic E-state index is -0.421. The molecular weight excluding hydrogens is 263 g/mol. The average Bonchev–Trinajstić information content (AvgIpc) is 2.81. The molecule has 1 fully saturated rings. The van der Waals surface area contributed by atoms with Crippen LogP contribution in [-0.2, 0) is 0 Å². The van der Waals surface area contributed by atoms with Crippen molar-refractivity contribution in [2.75, 3.05) is 33.2 Å². The maximum atomic E-state index is 13.1. The molecule has 6 nitrogen and oxygen atoms in total. The van der Waals surface area contributed by atoms with Crippen LogP contribution in [-0.4, -0.2) is 59.3 Å². The molecule has 2 aromatic rings. The highest BCUT2D eigenvalue weighted by Crippen LogP contribution is 2.23. The summed E-state index contributed by atoms with van der Waals surface area (Å²) in [5, 5.41) is 7.16. The Balaban J connectivity index is 1.74. The van der Waals surface area contributed by atoms with Gasteiger partial charge in [0.25, 0.3) is 5.88 Å². The Kier molecular flexibility index (Phi) is 3.27. The minimum absolute atomic E-state index is 0.184. The molecule has 3 rings (SSSR count). The number of piperazine rings is 1. The lowest BCUT2D eigenvalue weighted by atomic mass is 10.2. The largest absolute Gasteiger partial charge is 0.416 e. The number of nitrogens with zero attached hydrogens (tertiary/aromatic N) is 3. The van der Waals surface area contributed by atoms with Gasteiger partial charge in [-0.1, -0.05) is 0 Å². The van der Waals surface area contributed by atoms with Gasteiger partial charge in [0.05, 0.1) is 10.9 Å². The molecule has 0 bridgehead atoms. The zero-order valence-electron chi connectivity index (χ0n) is 11.1. The number of aromatic amines is 1. The number of halogens is 1. The van der Waals surface area contributed by atoms with Crippen LogP contribution in [0.2, 0.25) is 0 Å². The van der Waals surface area contributed by atoms with E-state index in [0.29, 0.717) is 24.0 Å². The highest BCUT2D eigenvalue weighted by Gasteiger charge is 2.22. The van der Waals surface area contributed by atoms with E-state index in [1.54, 1.807) is 11.0 Å². The van der Waals surface area contributed by atoms with E-state index in [4.69, 9.17) is 4.74 Å². The number of hydrogen-bond acceptors (Lipinski definition) is 4. The van der Waals surface area contributed by atoms with E-state index in [1.807, 2.05) is 7.05 Å². The lowest BCUT2D eigenvalue weighted by molar-refractivity contribution is 0.119. The molecular formula is C13H15FN4O2. The fourth-order valence-corrected chi connectivity index (χ4v) is 2.18. The Bertz CT molecular complexity index is 634. The number of rotatable bonds is 1. The number of hydrogen-bond donors (Lipinski definition) is 1. The molecule has 1 amide bonds. The first-order chi connectivity index (χ1) is 9.63. The predicted molar refractivity (Wildman–Crippen MR) is 71.1 cm³/mol. The van der Waals surface area contributed by atoms with E-state index in [2.05, 4.69) is 15.1 Å². The molecule has 0 radical (unpaired) electrons. The highest BCUT2D eigenvalue weighted by atomic mass is 19.1. The van der Waals surface area contributed by atoms with Crippen LogP contribution >= 0.6 is 0 Å². The van der Waals surface area contributed by atoms with Crippen molar-refractivity contribution in [3.05, 3.63) is 24.0 Å². The number of fused-ring (bicyclic) bond motifs is 1. The molecule has 0 aliphatic carbocycles. The molecule has 7 heteroatoms. The summed E-state index contributed by atoms with van der Waals surface area (Å²) in [5.41, 5.74) is 0.506. The first-order valence-electron chi connectivity index (χ1n) is 6.42. The lowest BCUT2D eigenvalue weighted by Crippen LogP contribution is -2.48. The number of ether oxygens (including phenoxy) is 1. The Hall–Kier alpha value is -2.15. The molecule has 2 heterocycles. The van der Waals surface area contributed by atoms with Crippen molar-refractivity contribution in [3.63, 3.8) is 0 Å². The van der Waals surface area contributed by atoms with Crippen molar-refractivity contribution in [1.29, 1.82) is 0 Å². The standard InChI is InChI=1S/C13H15FN4O2/c1-17-4-6-18(7-5-17)13(19)20-12-10-3-2-9(14)8-11(10)15-16-12/h2-3,8H,4-7H2,1H3,(H,15,16). The summed E-state index contributed by atoms with van der Waals surface area (Å²) in [7, 11) is 2.01. The van der Waals surface area contributed by atoms with E-state index < -0.39 is 6.09 Å². The fourth-order valence-electron chi connectivity index (χ4n) is 2.18. The third-order valence-electron chi connectivity index (χ3n) is 3.44. The molecule has 1 aliphatic rings. The number of likely N-dealkylation sites (N-methyl/N-ethyl adjacent to an activating group) is 1. The molecule has 1 N–H and O–H groups in total. The summed E-state index contributed by atoms with van der Waals surface area (Å²) in [6, 6.07) is 4.17. The van der Waals surface area contributed by atoms with Crippen LogP contribution in [0.5, 0.6) is 5.88 Å². The minimum Gasteiger partial charge on any atom is -0.389 e. The predicted octanol–water partition coefficient (Wildman–Crippen LogP) is 1.45. The molecule has 0 spiro atoms. The van der Waals surface area contributed by atoms with Gasteiger partial charge >= 0.3 is 6.09 Å². The second kappa shape index (κ2) is 5.09. The van der Waals surface area contributed by atoms with Gasteiger partial charge < -0.3 is 14.5 Å². The van der Waals surface area contributed by atoms with Crippen LogP contribution in [0, 0.1) is 5.82 Å². The maximum Gasteiger partial charge on any atom is 0.416 e. The van der Waals surface area contributed by atoms with Crippen molar-refractivity contribution >= 4 is 17.0 Å². The lowest BCUT2D eigenvalue weighted by Gasteiger charge is -2.31. The zero-order chi connectivity index (χ0) is 14.1. The number of carbonyl (C=O) groups excluding carboxylic acids is 1. The summed E-state index contributed by atoms with van der Waals surface area (Å²) in [4.78, 5) is 15.8. The molecule has 0 saturated carbocycles. The second-order valence-corrected chi connectivity index (χ2v) is 4.88. The molecule has 1 aromatic heterocycles. The van der Waals surface area contributed by atoms with Gasteiger partial charge in [-0.15, -0.1) is 5.10 Å². The van der Waals surface area contributed by atoms with E-state index in [0.717, 1.165) is 13.1 Å². The Morgan fingerprint density at radius 3 is 2.85 bits per heavy atom. The number of H-pyrrole nitrogens is 1. The average molecular weight is 278 g/mol. The van der Waals surface area contributed by atoms with Gasteiger partial charge in [-0.3, -0.25) is 5.10 Å². The van der Waals surface area contributed by atoms with E-state index in [-0.39, 0.29) is 11.7 Å². The maximum absolute atomic E-state index is 13.1. The number of benzene rings is 1. The highest BCUT2D eigenvalue weighted by molar-refractivity contribution is 5.86. The topological polar surface area (TPSA) is 61.5 Å². The van der Waals surface area contributed by atoms with Crippen LogP contribution in [0.1, 0.15) is 0 Å². The van der Waals surface area contributed by atoms with Gasteiger partial charge in [0.15, 0.2) is 0 Å². The third-order valence-corrected chi connectivity index (χ3v) is 3.44. The smallest absolute Gasteiger partial charge is 0.389 e. The Labute approximate surface area is 115 Å². The number of nitrogens with one attached hydrogen (secondary N) is 1. The van der Waals surface area contributed by atoms with Gasteiger partial charge in [-0.25, -0.2) is 9.18 Å². The van der Waals surface area contributed by atoms with Crippen molar-refractivity contribution in [2.24, 2.45) is 0 Å². The normalized spacial score (nSPS) is 16.6. The molecule has 20 heavy (non-hydrogen) atoms. The summed E-state index contributed by atoms with van der Waals surface area (Å²) in [6.45, 7) is 2.90. The summed E-state index contributed by atoms with van der Waals surface area (Å²) < 4.78 is 18.4. The van der Waals surface area contributed by atoms with Crippen LogP contribution in [0.25, 0.3) is 10.9 Å². The van der Waals surface area contributed by atoms with E-state index in [9.17, 15) is 9.18 Å². The SMILES string of the molecule is CN1CCN(C(=O)Oc2n[nH]c3cc(F)ccc23)CC1. The van der Waals surface area contributed by atoms with Gasteiger partial charge in [0.1, 0.15) is 5.82 Å². The number of amides is 1. The molecule has 106 valence electrons. The first-order valence-corrected chi connectivity index (χ1v) is 6.42. The summed E-state index contributed by atoms with van der Waals surface area (Å²) >= 11 is 0. The monoisotopic (exact) mass is 278 g/mol. The van der Waals surface area contributed by atoms with Crippen molar-refractivity contribution in [2.45, 2.75) is 0 Å². The van der Waals surface area contributed by atoms with Crippen molar-refractivity contribution in [1.82, 2.24) is 20.0 Å². The van der Waals surface area contributed by atoms with Crippen molar-refractivity contribution < 1.29 is 13.9 Å². The summed E-state index contributed by atoms with van der Waals surface area (Å²) in [6.07, 6.45) is -0.421. The summed E-state index contributed by atoms with van der Waals surface area (Å²) in [5.74, 6) is -0.179. The van der Waals surface area contributed by atoms with Crippen LogP contribution in [0.3, 0.4) is 0 Å². The van der Waals surface area contributed by atoms with E-state index >= 15 is 0 Å². The number of carbonyl (C=O) groups is 1. The van der Waals surface area contributed by atoms with Gasteiger partial charge in [0, 0.05) is 26.2 Å². The quantitative estimate of drug-likeness (QED) is 0.857. The molecule has 1 saturated heterocycles. The molecule has 0 atom stereocenters. The first kappa shape index (κ1) is 12.9. The van der Waals surface area contributed by atoms with Crippen LogP contribution in [0.4, 0.5) is 9.18 Å². The fraction of sp³-hybridized carbons (Fsp3) is 0.385. The zero-order valence-corrected chi connectivity index (χ0v) is 11.1. The molecule has 0 unspecified atom stereocenters. The number of aromatic nitrogens is 2. The molecule has 1 aliphatic heterocycles. The van der Waals surface area contributed by atoms with Gasteiger partial charge in [0.2, 0.25) is 0 Å². The van der Waals surface area contributed by atoms with Crippen LogP contribution in [0.15, 0.2) is 18.2 Å². The Morgan fingerprint density at radius 2 is 2.10 bits per heavy atom. The van der Waals surface area contributed by atoms with Gasteiger partial charge in [-0.2, -0.15) is 0 Å². The second-order valence-electron chi connectivity index (χ2n) is 4.88. The van der Waals surface area contributed by atoms with Gasteiger partial charge in [-0.05, 0) is 25.2 Å². The Morgan fingerprint density at radius 1 is 1.35 bits per heavy atom. The van der Waals surface area contributed by atoms with Crippen LogP contribution < -0.4 is 4.74 Å². The third kappa shape index (κ3) is 2.44. The molecule has 1 aromatic carbocycles. The van der Waals surface area contributed by atoms with E-state index in [1.165, 1.54) is 12.1 Å². The van der Waals surface area contributed by atoms with Crippen molar-refractivity contribution in [3.8, 4) is 5.88 Å².